The fourth-order valence-corrected chi connectivity index (χ4v) is 2.22. The van der Waals surface area contributed by atoms with E-state index in [1.54, 1.807) is 7.11 Å². The molecular formula is C18H23NO2. The smallest absolute Gasteiger partial charge is 0.123 e. The molecule has 1 unspecified atom stereocenters. The predicted molar refractivity (Wildman–Crippen MR) is 86.4 cm³/mol. The zero-order valence-electron chi connectivity index (χ0n) is 12.7. The normalized spacial score (nSPS) is 12.1. The molecule has 0 spiro atoms. The third-order valence-corrected chi connectivity index (χ3v) is 3.51. The zero-order valence-corrected chi connectivity index (χ0v) is 12.7. The Hall–Kier alpha value is -1.84. The fraction of sp³-hybridized carbons (Fsp3) is 0.333. The van der Waals surface area contributed by atoms with Crippen LogP contribution < -0.4 is 10.1 Å². The third-order valence-electron chi connectivity index (χ3n) is 3.51. The van der Waals surface area contributed by atoms with Gasteiger partial charge in [-0.15, -0.1) is 0 Å². The Labute approximate surface area is 126 Å². The van der Waals surface area contributed by atoms with Crippen molar-refractivity contribution in [1.82, 2.24) is 5.32 Å². The summed E-state index contributed by atoms with van der Waals surface area (Å²) in [6, 6.07) is 16.6. The molecule has 112 valence electrons. The maximum atomic E-state index is 9.03. The van der Waals surface area contributed by atoms with E-state index in [0.717, 1.165) is 30.0 Å². The van der Waals surface area contributed by atoms with Gasteiger partial charge in [-0.05, 0) is 23.1 Å². The summed E-state index contributed by atoms with van der Waals surface area (Å²) in [7, 11) is 1.70. The van der Waals surface area contributed by atoms with Gasteiger partial charge >= 0.3 is 0 Å². The first-order chi connectivity index (χ1) is 10.2. The van der Waals surface area contributed by atoms with E-state index in [2.05, 4.69) is 35.6 Å². The summed E-state index contributed by atoms with van der Waals surface area (Å²) in [6.07, 6.45) is 0. The number of hydrogen-bond donors (Lipinski definition) is 2. The van der Waals surface area contributed by atoms with Crippen LogP contribution in [-0.2, 0) is 6.54 Å². The van der Waals surface area contributed by atoms with E-state index in [9.17, 15) is 0 Å². The van der Waals surface area contributed by atoms with Crippen molar-refractivity contribution in [3.05, 3.63) is 54.1 Å². The summed E-state index contributed by atoms with van der Waals surface area (Å²) in [4.78, 5) is 0. The summed E-state index contributed by atoms with van der Waals surface area (Å²) < 4.78 is 5.50. The second-order valence-corrected chi connectivity index (χ2v) is 5.31. The molecular weight excluding hydrogens is 262 g/mol. The van der Waals surface area contributed by atoms with Gasteiger partial charge < -0.3 is 15.2 Å². The Bertz CT molecular complexity index is 554. The molecule has 0 aliphatic heterocycles. The number of methoxy groups -OCH3 is 1. The quantitative estimate of drug-likeness (QED) is 0.821. The Kier molecular flexibility index (Phi) is 5.78. The summed E-state index contributed by atoms with van der Waals surface area (Å²) in [5.41, 5.74) is 3.46. The zero-order chi connectivity index (χ0) is 15.1. The topological polar surface area (TPSA) is 41.5 Å². The van der Waals surface area contributed by atoms with Crippen LogP contribution in [0.5, 0.6) is 5.75 Å². The van der Waals surface area contributed by atoms with Crippen molar-refractivity contribution in [1.29, 1.82) is 0 Å². The molecule has 2 aromatic carbocycles. The average Bonchev–Trinajstić information content (AvgIpc) is 2.55. The van der Waals surface area contributed by atoms with Gasteiger partial charge in [0.05, 0.1) is 7.11 Å². The van der Waals surface area contributed by atoms with E-state index in [-0.39, 0.29) is 12.5 Å². The lowest BCUT2D eigenvalue weighted by Gasteiger charge is -2.13. The number of aliphatic hydroxyl groups excluding tert-OH is 1. The summed E-state index contributed by atoms with van der Waals surface area (Å²) in [6.45, 7) is 3.75. The van der Waals surface area contributed by atoms with E-state index in [4.69, 9.17) is 9.84 Å². The van der Waals surface area contributed by atoms with Crippen molar-refractivity contribution in [2.45, 2.75) is 13.5 Å². The lowest BCUT2D eigenvalue weighted by molar-refractivity contribution is 0.233. The van der Waals surface area contributed by atoms with Crippen LogP contribution in [0.1, 0.15) is 12.5 Å². The van der Waals surface area contributed by atoms with Gasteiger partial charge in [0.15, 0.2) is 0 Å². The molecule has 2 N–H and O–H groups in total. The molecule has 0 heterocycles. The molecule has 0 saturated carbocycles. The molecule has 3 heteroatoms. The minimum Gasteiger partial charge on any atom is -0.496 e. The highest BCUT2D eigenvalue weighted by Gasteiger charge is 2.06. The molecule has 0 aliphatic rings. The van der Waals surface area contributed by atoms with Gasteiger partial charge in [-0.2, -0.15) is 0 Å². The predicted octanol–water partition coefficient (Wildman–Crippen LogP) is 3.08. The summed E-state index contributed by atoms with van der Waals surface area (Å²) in [5.74, 6) is 1.15. The van der Waals surface area contributed by atoms with Crippen LogP contribution in [0.4, 0.5) is 0 Å². The van der Waals surface area contributed by atoms with Crippen LogP contribution in [0.15, 0.2) is 48.5 Å². The van der Waals surface area contributed by atoms with Gasteiger partial charge in [0.1, 0.15) is 5.75 Å². The maximum absolute atomic E-state index is 9.03. The minimum absolute atomic E-state index is 0.205. The van der Waals surface area contributed by atoms with Gasteiger partial charge in [-0.3, -0.25) is 0 Å². The van der Waals surface area contributed by atoms with E-state index in [0.29, 0.717) is 0 Å². The van der Waals surface area contributed by atoms with Crippen molar-refractivity contribution in [2.75, 3.05) is 20.3 Å². The van der Waals surface area contributed by atoms with Crippen molar-refractivity contribution in [3.63, 3.8) is 0 Å². The maximum Gasteiger partial charge on any atom is 0.123 e. The molecule has 0 bridgehead atoms. The van der Waals surface area contributed by atoms with Gasteiger partial charge in [-0.25, -0.2) is 0 Å². The second kappa shape index (κ2) is 7.81. The van der Waals surface area contributed by atoms with E-state index < -0.39 is 0 Å². The molecule has 0 amide bonds. The molecule has 3 nitrogen and oxygen atoms in total. The highest BCUT2D eigenvalue weighted by molar-refractivity contribution is 5.66. The van der Waals surface area contributed by atoms with Crippen LogP contribution >= 0.6 is 0 Å². The average molecular weight is 285 g/mol. The molecule has 0 radical (unpaired) electrons. The van der Waals surface area contributed by atoms with Crippen molar-refractivity contribution >= 4 is 0 Å². The van der Waals surface area contributed by atoms with Crippen molar-refractivity contribution in [3.8, 4) is 16.9 Å². The highest BCUT2D eigenvalue weighted by atomic mass is 16.5. The van der Waals surface area contributed by atoms with E-state index >= 15 is 0 Å². The molecule has 0 aromatic heterocycles. The van der Waals surface area contributed by atoms with Gasteiger partial charge in [0.25, 0.3) is 0 Å². The van der Waals surface area contributed by atoms with E-state index in [1.165, 1.54) is 5.56 Å². The molecule has 2 aromatic rings. The molecule has 21 heavy (non-hydrogen) atoms. The van der Waals surface area contributed by atoms with Crippen LogP contribution in [0.25, 0.3) is 11.1 Å². The first-order valence-corrected chi connectivity index (χ1v) is 7.28. The number of hydrogen-bond acceptors (Lipinski definition) is 3. The summed E-state index contributed by atoms with van der Waals surface area (Å²) >= 11 is 0. The SMILES string of the molecule is COc1cc(-c2ccccc2)ccc1CNCC(C)CO. The van der Waals surface area contributed by atoms with Crippen LogP contribution in [0.3, 0.4) is 0 Å². The lowest BCUT2D eigenvalue weighted by Crippen LogP contribution is -2.22. The highest BCUT2D eigenvalue weighted by Crippen LogP contribution is 2.27. The number of ether oxygens (including phenoxy) is 1. The van der Waals surface area contributed by atoms with Crippen LogP contribution in [0, 0.1) is 5.92 Å². The van der Waals surface area contributed by atoms with Crippen molar-refractivity contribution < 1.29 is 9.84 Å². The van der Waals surface area contributed by atoms with Crippen LogP contribution in [-0.4, -0.2) is 25.4 Å². The van der Waals surface area contributed by atoms with Crippen molar-refractivity contribution in [2.24, 2.45) is 5.92 Å². The number of rotatable bonds is 7. The minimum atomic E-state index is 0.205. The molecule has 0 fully saturated rings. The van der Waals surface area contributed by atoms with Gasteiger partial charge in [0.2, 0.25) is 0 Å². The first kappa shape index (κ1) is 15.5. The second-order valence-electron chi connectivity index (χ2n) is 5.31. The summed E-state index contributed by atoms with van der Waals surface area (Å²) in [5, 5.41) is 12.4. The molecule has 1 atom stereocenters. The van der Waals surface area contributed by atoms with Crippen LogP contribution in [0.2, 0.25) is 0 Å². The van der Waals surface area contributed by atoms with E-state index in [1.807, 2.05) is 25.1 Å². The van der Waals surface area contributed by atoms with Gasteiger partial charge in [0, 0.05) is 25.3 Å². The third kappa shape index (κ3) is 4.31. The Morgan fingerprint density at radius 3 is 2.52 bits per heavy atom. The molecule has 2 rings (SSSR count). The lowest BCUT2D eigenvalue weighted by atomic mass is 10.0. The number of aliphatic hydroxyl groups is 1. The monoisotopic (exact) mass is 285 g/mol. The van der Waals surface area contributed by atoms with Gasteiger partial charge in [-0.1, -0.05) is 49.4 Å². The fourth-order valence-electron chi connectivity index (χ4n) is 2.22. The number of benzene rings is 2. The Morgan fingerprint density at radius 1 is 1.10 bits per heavy atom. The largest absolute Gasteiger partial charge is 0.496 e. The molecule has 0 aliphatic carbocycles. The Balaban J connectivity index is 2.10. The first-order valence-electron chi connectivity index (χ1n) is 7.28. The molecule has 0 saturated heterocycles. The number of nitrogens with one attached hydrogen (secondary N) is 1. The Morgan fingerprint density at radius 2 is 1.86 bits per heavy atom. The standard InChI is InChI=1S/C18H23NO2/c1-14(13-20)11-19-12-17-9-8-16(10-18(17)21-2)15-6-4-3-5-7-15/h3-10,14,19-20H,11-13H2,1-2H3.